The van der Waals surface area contributed by atoms with Gasteiger partial charge in [-0.1, -0.05) is 78.9 Å². The molecule has 1 amide bonds. The molecule has 3 aromatic carbocycles. The highest BCUT2D eigenvalue weighted by atomic mass is 32.2. The zero-order chi connectivity index (χ0) is 23.3. The Morgan fingerprint density at radius 2 is 1.58 bits per heavy atom. The van der Waals surface area contributed by atoms with Gasteiger partial charge in [0.05, 0.1) is 11.9 Å². The number of anilines is 1. The van der Waals surface area contributed by atoms with Crippen LogP contribution in [0.3, 0.4) is 0 Å². The van der Waals surface area contributed by atoms with E-state index < -0.39 is 10.0 Å². The Balaban J connectivity index is 1.39. The average molecular weight is 464 g/mol. The maximum absolute atomic E-state index is 13.1. The monoisotopic (exact) mass is 463 g/mol. The van der Waals surface area contributed by atoms with Crippen molar-refractivity contribution in [1.29, 1.82) is 0 Å². The lowest BCUT2D eigenvalue weighted by Crippen LogP contribution is -2.51. The Kier molecular flexibility index (Phi) is 7.11. The van der Waals surface area contributed by atoms with E-state index in [2.05, 4.69) is 29.2 Å². The van der Waals surface area contributed by atoms with E-state index in [1.165, 1.54) is 9.87 Å². The summed E-state index contributed by atoms with van der Waals surface area (Å²) in [6.07, 6.45) is 5.39. The molecule has 1 aliphatic heterocycles. The van der Waals surface area contributed by atoms with E-state index in [4.69, 9.17) is 0 Å². The molecule has 1 aliphatic rings. The van der Waals surface area contributed by atoms with Gasteiger partial charge >= 0.3 is 0 Å². The van der Waals surface area contributed by atoms with E-state index in [1.807, 2.05) is 54.6 Å². The maximum atomic E-state index is 13.1. The standard InChI is InChI=1S/C26H29N3O3S/c1-33(31,32)29(25-15-7-13-23-12-5-6-14-24(23)25)21-26(30)28-19-17-27(18-20-28)16-8-11-22-9-3-2-4-10-22/h2-15H,16-21H2,1H3. The van der Waals surface area contributed by atoms with Gasteiger partial charge < -0.3 is 4.90 Å². The van der Waals surface area contributed by atoms with Crippen molar-refractivity contribution in [3.8, 4) is 0 Å². The fraction of sp³-hybridized carbons (Fsp3) is 0.269. The molecule has 4 rings (SSSR count). The fourth-order valence-electron chi connectivity index (χ4n) is 4.11. The number of amides is 1. The van der Waals surface area contributed by atoms with E-state index >= 15 is 0 Å². The molecule has 1 heterocycles. The molecule has 0 unspecified atom stereocenters. The molecule has 0 aromatic heterocycles. The molecule has 1 saturated heterocycles. The van der Waals surface area contributed by atoms with Crippen molar-refractivity contribution in [2.45, 2.75) is 0 Å². The number of carbonyl (C=O) groups excluding carboxylic acids is 1. The molecular weight excluding hydrogens is 434 g/mol. The summed E-state index contributed by atoms with van der Waals surface area (Å²) in [5, 5.41) is 1.75. The van der Waals surface area contributed by atoms with Crippen molar-refractivity contribution in [1.82, 2.24) is 9.80 Å². The molecule has 7 heteroatoms. The number of rotatable bonds is 7. The zero-order valence-electron chi connectivity index (χ0n) is 18.8. The molecule has 0 radical (unpaired) electrons. The Bertz CT molecular complexity index is 1230. The Hall–Kier alpha value is -3.16. The quantitative estimate of drug-likeness (QED) is 0.538. The second kappa shape index (κ2) is 10.2. The summed E-state index contributed by atoms with van der Waals surface area (Å²) < 4.78 is 26.5. The first-order valence-corrected chi connectivity index (χ1v) is 12.9. The smallest absolute Gasteiger partial charge is 0.243 e. The molecule has 0 atom stereocenters. The number of fused-ring (bicyclic) bond motifs is 1. The van der Waals surface area contributed by atoms with Crippen LogP contribution < -0.4 is 4.31 Å². The summed E-state index contributed by atoms with van der Waals surface area (Å²) in [6.45, 7) is 3.33. The highest BCUT2D eigenvalue weighted by Crippen LogP contribution is 2.28. The van der Waals surface area contributed by atoms with E-state index in [0.29, 0.717) is 18.8 Å². The first-order chi connectivity index (χ1) is 15.9. The highest BCUT2D eigenvalue weighted by Gasteiger charge is 2.27. The van der Waals surface area contributed by atoms with Crippen LogP contribution >= 0.6 is 0 Å². The van der Waals surface area contributed by atoms with Crippen LogP contribution in [0.25, 0.3) is 16.8 Å². The molecule has 0 aliphatic carbocycles. The molecule has 6 nitrogen and oxygen atoms in total. The minimum atomic E-state index is -3.63. The summed E-state index contributed by atoms with van der Waals surface area (Å²) in [7, 11) is -3.63. The van der Waals surface area contributed by atoms with E-state index in [9.17, 15) is 13.2 Å². The number of carbonyl (C=O) groups is 1. The fourth-order valence-corrected chi connectivity index (χ4v) is 4.97. The predicted octanol–water partition coefficient (Wildman–Crippen LogP) is 3.46. The molecule has 3 aromatic rings. The van der Waals surface area contributed by atoms with Gasteiger partial charge in [-0.3, -0.25) is 14.0 Å². The third-order valence-corrected chi connectivity index (χ3v) is 7.04. The molecule has 0 N–H and O–H groups in total. The van der Waals surface area contributed by atoms with Crippen LogP contribution in [0.5, 0.6) is 0 Å². The molecule has 0 spiro atoms. The van der Waals surface area contributed by atoms with Gasteiger partial charge in [-0.15, -0.1) is 0 Å². The summed E-state index contributed by atoms with van der Waals surface area (Å²) in [5.41, 5.74) is 1.70. The average Bonchev–Trinajstić information content (AvgIpc) is 2.82. The lowest BCUT2D eigenvalue weighted by Gasteiger charge is -2.35. The number of benzene rings is 3. The summed E-state index contributed by atoms with van der Waals surface area (Å²) in [5.74, 6) is -0.173. The van der Waals surface area contributed by atoms with Gasteiger partial charge in [0, 0.05) is 38.1 Å². The summed E-state index contributed by atoms with van der Waals surface area (Å²) in [6, 6.07) is 23.3. The molecule has 1 fully saturated rings. The van der Waals surface area contributed by atoms with Gasteiger partial charge in [-0.05, 0) is 17.0 Å². The van der Waals surface area contributed by atoms with E-state index in [0.717, 1.165) is 36.7 Å². The number of sulfonamides is 1. The predicted molar refractivity (Wildman–Crippen MR) is 135 cm³/mol. The van der Waals surface area contributed by atoms with Crippen LogP contribution in [0.15, 0.2) is 78.9 Å². The third kappa shape index (κ3) is 5.80. The highest BCUT2D eigenvalue weighted by molar-refractivity contribution is 7.92. The first-order valence-electron chi connectivity index (χ1n) is 11.1. The first kappa shape index (κ1) is 23.0. The lowest BCUT2D eigenvalue weighted by atomic mass is 10.1. The normalized spacial score (nSPS) is 15.2. The van der Waals surface area contributed by atoms with Gasteiger partial charge in [0.2, 0.25) is 15.9 Å². The molecule has 33 heavy (non-hydrogen) atoms. The van der Waals surface area contributed by atoms with Gasteiger partial charge in [0.1, 0.15) is 6.54 Å². The van der Waals surface area contributed by atoms with Gasteiger partial charge in [0.25, 0.3) is 0 Å². The van der Waals surface area contributed by atoms with Crippen LogP contribution in [0.4, 0.5) is 5.69 Å². The molecular formula is C26H29N3O3S. The Labute approximate surface area is 195 Å². The maximum Gasteiger partial charge on any atom is 0.243 e. The van der Waals surface area contributed by atoms with E-state index in [1.54, 1.807) is 11.0 Å². The van der Waals surface area contributed by atoms with Crippen molar-refractivity contribution in [3.05, 3.63) is 84.4 Å². The number of hydrogen-bond donors (Lipinski definition) is 0. The van der Waals surface area contributed by atoms with Crippen LogP contribution in [0.2, 0.25) is 0 Å². The van der Waals surface area contributed by atoms with Crippen molar-refractivity contribution in [2.75, 3.05) is 49.8 Å². The Morgan fingerprint density at radius 3 is 2.30 bits per heavy atom. The third-order valence-electron chi connectivity index (χ3n) is 5.91. The van der Waals surface area contributed by atoms with Crippen LogP contribution in [0, 0.1) is 0 Å². The minimum Gasteiger partial charge on any atom is -0.339 e. The van der Waals surface area contributed by atoms with E-state index in [-0.39, 0.29) is 12.5 Å². The minimum absolute atomic E-state index is 0.173. The van der Waals surface area contributed by atoms with Gasteiger partial charge in [-0.25, -0.2) is 8.42 Å². The van der Waals surface area contributed by atoms with Crippen molar-refractivity contribution in [3.63, 3.8) is 0 Å². The van der Waals surface area contributed by atoms with Crippen molar-refractivity contribution >= 4 is 38.5 Å². The lowest BCUT2D eigenvalue weighted by molar-refractivity contribution is -0.131. The SMILES string of the molecule is CS(=O)(=O)N(CC(=O)N1CCN(CC=Cc2ccccc2)CC1)c1cccc2ccccc12. The van der Waals surface area contributed by atoms with Crippen LogP contribution in [0.1, 0.15) is 5.56 Å². The second-order valence-electron chi connectivity index (χ2n) is 8.26. The topological polar surface area (TPSA) is 60.9 Å². The van der Waals surface area contributed by atoms with Gasteiger partial charge in [0.15, 0.2) is 0 Å². The Morgan fingerprint density at radius 1 is 0.909 bits per heavy atom. The number of nitrogens with zero attached hydrogens (tertiary/aromatic N) is 3. The molecule has 0 saturated carbocycles. The van der Waals surface area contributed by atoms with Crippen molar-refractivity contribution in [2.24, 2.45) is 0 Å². The van der Waals surface area contributed by atoms with Crippen LogP contribution in [-0.2, 0) is 14.8 Å². The molecule has 172 valence electrons. The van der Waals surface area contributed by atoms with Gasteiger partial charge in [-0.2, -0.15) is 0 Å². The number of piperazine rings is 1. The zero-order valence-corrected chi connectivity index (χ0v) is 19.6. The number of hydrogen-bond acceptors (Lipinski definition) is 4. The second-order valence-corrected chi connectivity index (χ2v) is 10.2. The summed E-state index contributed by atoms with van der Waals surface area (Å²) >= 11 is 0. The summed E-state index contributed by atoms with van der Waals surface area (Å²) in [4.78, 5) is 17.1. The van der Waals surface area contributed by atoms with Crippen molar-refractivity contribution < 1.29 is 13.2 Å². The largest absolute Gasteiger partial charge is 0.339 e. The van der Waals surface area contributed by atoms with Crippen LogP contribution in [-0.4, -0.2) is 69.6 Å². The molecule has 0 bridgehead atoms.